The van der Waals surface area contributed by atoms with Gasteiger partial charge in [0.05, 0.1) is 18.2 Å². The molecule has 1 fully saturated rings. The quantitative estimate of drug-likeness (QED) is 0.0950. The van der Waals surface area contributed by atoms with Crippen molar-refractivity contribution in [2.45, 2.75) is 80.9 Å². The Morgan fingerprint density at radius 1 is 0.966 bits per heavy atom. The van der Waals surface area contributed by atoms with Crippen molar-refractivity contribution in [2.75, 3.05) is 7.11 Å². The van der Waals surface area contributed by atoms with Gasteiger partial charge in [0, 0.05) is 5.56 Å². The molecule has 13 nitrogen and oxygen atoms in total. The second-order valence-electron chi connectivity index (χ2n) is 14.3. The summed E-state index contributed by atoms with van der Waals surface area (Å²) in [5.41, 5.74) is -4.30. The fraction of sp³-hybridized carbons (Fsp3) is 0.341. The first-order chi connectivity index (χ1) is 27.4. The number of rotatable bonds is 9. The molecule has 0 saturated carbocycles. The topological polar surface area (TPSA) is 195 Å². The molecule has 1 heterocycles. The average molecular weight is 871 g/mol. The zero-order valence-electron chi connectivity index (χ0n) is 31.0. The Hall–Kier alpha value is -5.32. The van der Waals surface area contributed by atoms with Crippen LogP contribution in [0.15, 0.2) is 60.7 Å². The number of halogens is 3. The van der Waals surface area contributed by atoms with Crippen molar-refractivity contribution in [1.82, 2.24) is 5.32 Å². The van der Waals surface area contributed by atoms with Crippen molar-refractivity contribution in [3.8, 4) is 17.2 Å². The fourth-order valence-corrected chi connectivity index (χ4v) is 9.63. The molecule has 7 rings (SSSR count). The molecular formula is C41H36F3NO12Se. The summed E-state index contributed by atoms with van der Waals surface area (Å²) in [6.45, 7) is 2.45. The average Bonchev–Trinajstić information content (AvgIpc) is 3.17. The SMILES string of the molecule is COc1cccc2c1C(=O)c1c(O)c3c(c(O)c1C2=O)C[C@@](O)(C(C)=O)C[C@@H]3O[C@H]1C[C@H](NC(=O)C(F)(F)F)[C@@H](OC(=O)C[Se]c2cccc3ccccc23)[C@H](C)O1. The number of phenols is 2. The van der Waals surface area contributed by atoms with Gasteiger partial charge in [0.2, 0.25) is 5.78 Å². The number of phenolic OH excluding ortho intramolecular Hbond substituents is 2. The molecule has 4 N–H and O–H groups in total. The van der Waals surface area contributed by atoms with Crippen LogP contribution in [0.3, 0.4) is 0 Å². The van der Waals surface area contributed by atoms with Gasteiger partial charge >= 0.3 is 245 Å². The number of alkyl halides is 3. The van der Waals surface area contributed by atoms with Crippen LogP contribution in [0.5, 0.6) is 17.2 Å². The number of ether oxygens (including phenoxy) is 4. The van der Waals surface area contributed by atoms with Crippen LogP contribution < -0.4 is 14.5 Å². The van der Waals surface area contributed by atoms with Crippen LogP contribution >= 0.6 is 0 Å². The van der Waals surface area contributed by atoms with Crippen LogP contribution in [0, 0.1) is 0 Å². The van der Waals surface area contributed by atoms with E-state index in [1.54, 1.807) is 0 Å². The predicted molar refractivity (Wildman–Crippen MR) is 198 cm³/mol. The maximum atomic E-state index is 14.0. The third-order valence-corrected chi connectivity index (χ3v) is 12.9. The van der Waals surface area contributed by atoms with Crippen molar-refractivity contribution < 1.29 is 71.4 Å². The van der Waals surface area contributed by atoms with Crippen molar-refractivity contribution in [3.05, 3.63) is 94.0 Å². The number of methoxy groups -OCH3 is 1. The van der Waals surface area contributed by atoms with Gasteiger partial charge in [-0.2, -0.15) is 0 Å². The second kappa shape index (κ2) is 15.5. The number of carbonyl (C=O) groups is 5. The minimum absolute atomic E-state index is 0.0123. The molecule has 0 unspecified atom stereocenters. The van der Waals surface area contributed by atoms with E-state index >= 15 is 0 Å². The van der Waals surface area contributed by atoms with Gasteiger partial charge in [0.1, 0.15) is 5.75 Å². The van der Waals surface area contributed by atoms with E-state index in [0.717, 1.165) is 22.2 Å². The maximum absolute atomic E-state index is 14.0. The molecule has 58 heavy (non-hydrogen) atoms. The minimum atomic E-state index is -5.32. The Balaban J connectivity index is 1.19. The number of esters is 1. The van der Waals surface area contributed by atoms with E-state index in [4.69, 9.17) is 18.9 Å². The first kappa shape index (κ1) is 40.9. The molecule has 304 valence electrons. The van der Waals surface area contributed by atoms with E-state index in [1.165, 1.54) is 32.2 Å². The Morgan fingerprint density at radius 2 is 1.66 bits per heavy atom. The summed E-state index contributed by atoms with van der Waals surface area (Å²) in [4.78, 5) is 66.1. The van der Waals surface area contributed by atoms with Crippen molar-refractivity contribution >= 4 is 59.4 Å². The number of Topliss-reactive ketones (excluding diaryl/α,β-unsaturated/α-hetero) is 1. The number of nitrogens with one attached hydrogen (secondary N) is 1. The summed E-state index contributed by atoms with van der Waals surface area (Å²) in [7, 11) is 1.27. The van der Waals surface area contributed by atoms with E-state index in [-0.39, 0.29) is 33.3 Å². The molecule has 6 atom stereocenters. The summed E-state index contributed by atoms with van der Waals surface area (Å²) in [6.07, 6.45) is -12.9. The standard InChI is InChI=1S/C41H36F3NO12Se/c1-18-38(57-28(47)17-58-27-13-6-9-20-8-4-5-10-21(20)27)24(45-39(52)41(42,43)44)14-29(55-18)56-26-16-40(53,19(2)46)15-23-31(26)37(51)33-32(35(23)49)34(48)22-11-7-12-25(54-3)30(22)36(33)50/h4-13,18,24,26,29,38,49,51,53H,14-17H2,1-3H3,(H,45,52)/t18-,24-,26-,29-,38-,40-/m0/s1. The molecule has 1 amide bonds. The summed E-state index contributed by atoms with van der Waals surface area (Å²) >= 11 is -0.444. The van der Waals surface area contributed by atoms with Crippen LogP contribution in [0.1, 0.15) is 75.8 Å². The van der Waals surface area contributed by atoms with Crippen LogP contribution in [-0.2, 0) is 35.0 Å². The van der Waals surface area contributed by atoms with Crippen molar-refractivity contribution in [2.24, 2.45) is 0 Å². The van der Waals surface area contributed by atoms with Crippen molar-refractivity contribution in [1.29, 1.82) is 0 Å². The van der Waals surface area contributed by atoms with Gasteiger partial charge in [0.25, 0.3) is 0 Å². The van der Waals surface area contributed by atoms with Gasteiger partial charge in [-0.3, -0.25) is 14.4 Å². The number of aromatic hydroxyl groups is 2. The third kappa shape index (κ3) is 7.32. The third-order valence-electron chi connectivity index (χ3n) is 10.7. The molecule has 0 radical (unpaired) electrons. The van der Waals surface area contributed by atoms with Crippen LogP contribution in [0.25, 0.3) is 10.8 Å². The molecule has 0 bridgehead atoms. The number of aliphatic hydroxyl groups is 1. The monoisotopic (exact) mass is 871 g/mol. The second-order valence-corrected chi connectivity index (χ2v) is 16.4. The number of amides is 1. The molecule has 4 aromatic rings. The van der Waals surface area contributed by atoms with Gasteiger partial charge in [-0.1, -0.05) is 12.1 Å². The molecule has 17 heteroatoms. The normalized spacial score (nSPS) is 24.0. The summed E-state index contributed by atoms with van der Waals surface area (Å²) < 4.78 is 64.8. The van der Waals surface area contributed by atoms with Gasteiger partial charge < -0.3 is 9.84 Å². The number of hydrogen-bond donors (Lipinski definition) is 4. The number of benzene rings is 4. The number of ketones is 3. The number of carbonyl (C=O) groups excluding carboxylic acids is 5. The summed E-state index contributed by atoms with van der Waals surface area (Å²) in [5, 5.41) is 38.6. The fourth-order valence-electron chi connectivity index (χ4n) is 7.83. The van der Waals surface area contributed by atoms with Crippen molar-refractivity contribution in [3.63, 3.8) is 0 Å². The van der Waals surface area contributed by atoms with E-state index in [2.05, 4.69) is 0 Å². The summed E-state index contributed by atoms with van der Waals surface area (Å²) in [5.74, 6) is -7.19. The zero-order valence-corrected chi connectivity index (χ0v) is 32.8. The first-order valence-corrected chi connectivity index (χ1v) is 20.1. The molecule has 1 aliphatic heterocycles. The molecule has 0 spiro atoms. The van der Waals surface area contributed by atoms with E-state index in [9.17, 15) is 52.5 Å². The van der Waals surface area contributed by atoms with Gasteiger partial charge in [-0.15, -0.1) is 0 Å². The molecular weight excluding hydrogens is 834 g/mol. The molecule has 0 aromatic heterocycles. The van der Waals surface area contributed by atoms with E-state index in [1.807, 2.05) is 47.8 Å². The molecule has 2 aliphatic carbocycles. The molecule has 1 saturated heterocycles. The Morgan fingerprint density at radius 3 is 2.36 bits per heavy atom. The molecule has 3 aliphatic rings. The molecule has 4 aromatic carbocycles. The zero-order chi connectivity index (χ0) is 41.8. The number of fused-ring (bicyclic) bond motifs is 4. The van der Waals surface area contributed by atoms with Crippen LogP contribution in [-0.4, -0.2) is 103 Å². The van der Waals surface area contributed by atoms with Crippen LogP contribution in [0.4, 0.5) is 13.2 Å². The van der Waals surface area contributed by atoms with Crippen LogP contribution in [0.2, 0.25) is 5.32 Å². The Bertz CT molecular complexity index is 2380. The van der Waals surface area contributed by atoms with Gasteiger partial charge in [-0.25, -0.2) is 0 Å². The Kier molecular flexibility index (Phi) is 10.9. The predicted octanol–water partition coefficient (Wildman–Crippen LogP) is 3.90. The summed E-state index contributed by atoms with van der Waals surface area (Å²) in [6, 6.07) is 15.9. The van der Waals surface area contributed by atoms with E-state index < -0.39 is 128 Å². The van der Waals surface area contributed by atoms with Gasteiger partial charge in [0.15, 0.2) is 5.78 Å². The van der Waals surface area contributed by atoms with Gasteiger partial charge in [-0.05, 0) is 13.0 Å². The van der Waals surface area contributed by atoms with E-state index in [0.29, 0.717) is 0 Å². The number of hydrogen-bond acceptors (Lipinski definition) is 12. The Labute approximate surface area is 334 Å². The first-order valence-electron chi connectivity index (χ1n) is 18.0.